The van der Waals surface area contributed by atoms with Crippen LogP contribution < -0.4 is 10.6 Å². The molecule has 4 heteroatoms. The highest BCUT2D eigenvalue weighted by atomic mass is 16.2. The first-order chi connectivity index (χ1) is 7.56. The zero-order valence-electron chi connectivity index (χ0n) is 10.8. The monoisotopic (exact) mass is 228 g/mol. The maximum atomic E-state index is 11.6. The lowest BCUT2D eigenvalue weighted by Gasteiger charge is -2.22. The fourth-order valence-electron chi connectivity index (χ4n) is 1.44. The van der Waals surface area contributed by atoms with Crippen LogP contribution in [0.5, 0.6) is 0 Å². The van der Waals surface area contributed by atoms with Gasteiger partial charge in [-0.3, -0.25) is 9.59 Å². The Morgan fingerprint density at radius 1 is 1.25 bits per heavy atom. The Bertz CT molecular complexity index is 229. The summed E-state index contributed by atoms with van der Waals surface area (Å²) in [6.45, 7) is 6.02. The summed E-state index contributed by atoms with van der Waals surface area (Å²) < 4.78 is 0. The molecule has 0 radical (unpaired) electrons. The minimum absolute atomic E-state index is 0.0317. The molecule has 0 aromatic carbocycles. The zero-order valence-corrected chi connectivity index (χ0v) is 10.8. The lowest BCUT2D eigenvalue weighted by molar-refractivity contribution is -0.130. The number of nitrogens with one attached hydrogen (secondary N) is 2. The summed E-state index contributed by atoms with van der Waals surface area (Å²) in [7, 11) is 1.59. The molecule has 0 bridgehead atoms. The Hall–Kier alpha value is -1.06. The summed E-state index contributed by atoms with van der Waals surface area (Å²) in [6, 6.07) is -0.403. The van der Waals surface area contributed by atoms with E-state index in [2.05, 4.69) is 10.6 Å². The van der Waals surface area contributed by atoms with Crippen molar-refractivity contribution in [2.24, 2.45) is 5.92 Å². The van der Waals surface area contributed by atoms with E-state index < -0.39 is 6.04 Å². The Balaban J connectivity index is 4.31. The van der Waals surface area contributed by atoms with E-state index in [0.29, 0.717) is 6.42 Å². The highest BCUT2D eigenvalue weighted by Gasteiger charge is 2.24. The van der Waals surface area contributed by atoms with Crippen LogP contribution >= 0.6 is 0 Å². The van der Waals surface area contributed by atoms with Gasteiger partial charge in [-0.25, -0.2) is 0 Å². The van der Waals surface area contributed by atoms with E-state index >= 15 is 0 Å². The first kappa shape index (κ1) is 14.9. The van der Waals surface area contributed by atoms with Gasteiger partial charge < -0.3 is 10.6 Å². The predicted molar refractivity (Wildman–Crippen MR) is 65.0 cm³/mol. The van der Waals surface area contributed by atoms with E-state index in [-0.39, 0.29) is 17.7 Å². The van der Waals surface area contributed by atoms with E-state index in [9.17, 15) is 9.59 Å². The van der Waals surface area contributed by atoms with Gasteiger partial charge in [0.1, 0.15) is 6.04 Å². The Labute approximate surface area is 98.2 Å². The maximum Gasteiger partial charge on any atom is 0.242 e. The Kier molecular flexibility index (Phi) is 7.60. The van der Waals surface area contributed by atoms with Crippen molar-refractivity contribution in [2.45, 2.75) is 52.5 Å². The number of hydrogen-bond acceptors (Lipinski definition) is 2. The van der Waals surface area contributed by atoms with Crippen LogP contribution in [0.3, 0.4) is 0 Å². The van der Waals surface area contributed by atoms with Crippen LogP contribution in [0.15, 0.2) is 0 Å². The standard InChI is InChI=1S/C12H24N2O2/c1-5-7-8-10(15)14-11(9(3)6-2)12(16)13-4/h9,11H,5-8H2,1-4H3,(H,13,16)(H,14,15)/t9-,11-/m0/s1. The number of carbonyl (C=O) groups is 2. The van der Waals surface area contributed by atoms with Gasteiger partial charge in [-0.05, 0) is 12.3 Å². The van der Waals surface area contributed by atoms with Crippen molar-refractivity contribution in [3.8, 4) is 0 Å². The molecule has 4 nitrogen and oxygen atoms in total. The van der Waals surface area contributed by atoms with E-state index in [1.807, 2.05) is 20.8 Å². The summed E-state index contributed by atoms with van der Waals surface area (Å²) in [5.41, 5.74) is 0. The fraction of sp³-hybridized carbons (Fsp3) is 0.833. The second-order valence-corrected chi connectivity index (χ2v) is 4.15. The minimum Gasteiger partial charge on any atom is -0.357 e. The number of carbonyl (C=O) groups excluding carboxylic acids is 2. The van der Waals surface area contributed by atoms with Gasteiger partial charge in [0, 0.05) is 13.5 Å². The summed E-state index contributed by atoms with van der Waals surface area (Å²) in [5.74, 6) is 0.0143. The van der Waals surface area contributed by atoms with Crippen molar-refractivity contribution < 1.29 is 9.59 Å². The maximum absolute atomic E-state index is 11.6. The van der Waals surface area contributed by atoms with Gasteiger partial charge >= 0.3 is 0 Å². The second-order valence-electron chi connectivity index (χ2n) is 4.15. The van der Waals surface area contributed by atoms with Gasteiger partial charge in [-0.1, -0.05) is 33.6 Å². The third-order valence-corrected chi connectivity index (χ3v) is 2.82. The number of unbranched alkanes of at least 4 members (excludes halogenated alkanes) is 1. The molecule has 0 saturated heterocycles. The van der Waals surface area contributed by atoms with Crippen LogP contribution in [0.1, 0.15) is 46.5 Å². The molecular formula is C12H24N2O2. The van der Waals surface area contributed by atoms with Gasteiger partial charge in [0.25, 0.3) is 0 Å². The van der Waals surface area contributed by atoms with Crippen molar-refractivity contribution in [3.63, 3.8) is 0 Å². The number of amides is 2. The molecule has 2 atom stereocenters. The van der Waals surface area contributed by atoms with Crippen molar-refractivity contribution in [1.29, 1.82) is 0 Å². The van der Waals surface area contributed by atoms with Crippen LogP contribution in [0.25, 0.3) is 0 Å². The van der Waals surface area contributed by atoms with Crippen LogP contribution in [0.2, 0.25) is 0 Å². The van der Waals surface area contributed by atoms with Gasteiger partial charge in [-0.15, -0.1) is 0 Å². The Morgan fingerprint density at radius 3 is 2.31 bits per heavy atom. The molecule has 0 aliphatic rings. The molecule has 0 rings (SSSR count). The minimum atomic E-state index is -0.403. The van der Waals surface area contributed by atoms with Gasteiger partial charge in [0.15, 0.2) is 0 Å². The Morgan fingerprint density at radius 2 is 1.88 bits per heavy atom. The highest BCUT2D eigenvalue weighted by Crippen LogP contribution is 2.08. The van der Waals surface area contributed by atoms with Crippen LogP contribution in [0.4, 0.5) is 0 Å². The third-order valence-electron chi connectivity index (χ3n) is 2.82. The molecule has 0 aromatic rings. The first-order valence-corrected chi connectivity index (χ1v) is 6.07. The van der Waals surface area contributed by atoms with Gasteiger partial charge in [0.05, 0.1) is 0 Å². The lowest BCUT2D eigenvalue weighted by Crippen LogP contribution is -2.49. The average molecular weight is 228 g/mol. The molecule has 0 aliphatic heterocycles. The van der Waals surface area contributed by atoms with Crippen molar-refractivity contribution >= 4 is 11.8 Å². The largest absolute Gasteiger partial charge is 0.357 e. The van der Waals surface area contributed by atoms with E-state index in [1.165, 1.54) is 0 Å². The molecule has 0 spiro atoms. The van der Waals surface area contributed by atoms with Crippen molar-refractivity contribution in [3.05, 3.63) is 0 Å². The van der Waals surface area contributed by atoms with E-state index in [4.69, 9.17) is 0 Å². The summed E-state index contributed by atoms with van der Waals surface area (Å²) in [5, 5.41) is 5.39. The number of likely N-dealkylation sites (N-methyl/N-ethyl adjacent to an activating group) is 1. The molecule has 2 amide bonds. The van der Waals surface area contributed by atoms with Gasteiger partial charge in [-0.2, -0.15) is 0 Å². The number of rotatable bonds is 7. The molecule has 0 heterocycles. The SMILES string of the molecule is CCCCC(=O)N[C@H](C(=O)NC)[C@@H](C)CC. The van der Waals surface area contributed by atoms with Crippen LogP contribution in [-0.2, 0) is 9.59 Å². The summed E-state index contributed by atoms with van der Waals surface area (Å²) in [4.78, 5) is 23.2. The molecule has 16 heavy (non-hydrogen) atoms. The lowest BCUT2D eigenvalue weighted by atomic mass is 9.98. The zero-order chi connectivity index (χ0) is 12.6. The van der Waals surface area contributed by atoms with Crippen LogP contribution in [0, 0.1) is 5.92 Å². The molecular weight excluding hydrogens is 204 g/mol. The smallest absolute Gasteiger partial charge is 0.242 e. The topological polar surface area (TPSA) is 58.2 Å². The quantitative estimate of drug-likeness (QED) is 0.693. The normalized spacial score (nSPS) is 14.0. The summed E-state index contributed by atoms with van der Waals surface area (Å²) >= 11 is 0. The van der Waals surface area contributed by atoms with Crippen LogP contribution in [-0.4, -0.2) is 24.9 Å². The van der Waals surface area contributed by atoms with E-state index in [1.54, 1.807) is 7.05 Å². The number of hydrogen-bond donors (Lipinski definition) is 2. The summed E-state index contributed by atoms with van der Waals surface area (Å²) in [6.07, 6.45) is 3.22. The molecule has 0 fully saturated rings. The van der Waals surface area contributed by atoms with Crippen molar-refractivity contribution in [2.75, 3.05) is 7.05 Å². The highest BCUT2D eigenvalue weighted by molar-refractivity contribution is 5.87. The molecule has 0 saturated carbocycles. The molecule has 0 aromatic heterocycles. The van der Waals surface area contributed by atoms with Crippen molar-refractivity contribution in [1.82, 2.24) is 10.6 Å². The fourth-order valence-corrected chi connectivity index (χ4v) is 1.44. The average Bonchev–Trinajstić information content (AvgIpc) is 2.31. The molecule has 94 valence electrons. The first-order valence-electron chi connectivity index (χ1n) is 6.07. The predicted octanol–water partition coefficient (Wildman–Crippen LogP) is 1.45. The van der Waals surface area contributed by atoms with E-state index in [0.717, 1.165) is 19.3 Å². The van der Waals surface area contributed by atoms with Gasteiger partial charge in [0.2, 0.25) is 11.8 Å². The molecule has 0 aliphatic carbocycles. The molecule has 2 N–H and O–H groups in total. The molecule has 0 unspecified atom stereocenters. The second kappa shape index (κ2) is 8.13. The third kappa shape index (κ3) is 5.14.